The SMILES string of the molecule is CC(C)n1c(S[C@H](C)C(=O)NCCc2ccc(F)cc2)nc2ccccc2c1=O. The second-order valence-corrected chi connectivity index (χ2v) is 8.42. The van der Waals surface area contributed by atoms with Gasteiger partial charge in [-0.25, -0.2) is 9.37 Å². The van der Waals surface area contributed by atoms with Crippen LogP contribution in [0.4, 0.5) is 4.39 Å². The van der Waals surface area contributed by atoms with Gasteiger partial charge >= 0.3 is 0 Å². The first-order valence-electron chi connectivity index (χ1n) is 9.57. The summed E-state index contributed by atoms with van der Waals surface area (Å²) >= 11 is 1.27. The van der Waals surface area contributed by atoms with E-state index in [0.717, 1.165) is 5.56 Å². The summed E-state index contributed by atoms with van der Waals surface area (Å²) in [4.78, 5) is 30.0. The molecule has 0 saturated carbocycles. The molecule has 1 atom stereocenters. The molecule has 3 aromatic rings. The van der Waals surface area contributed by atoms with Crippen molar-refractivity contribution in [1.82, 2.24) is 14.9 Å². The van der Waals surface area contributed by atoms with Crippen molar-refractivity contribution in [3.8, 4) is 0 Å². The summed E-state index contributed by atoms with van der Waals surface area (Å²) < 4.78 is 14.6. The number of hydrogen-bond acceptors (Lipinski definition) is 4. The molecular formula is C22H24FN3O2S. The fourth-order valence-electron chi connectivity index (χ4n) is 3.00. The molecule has 1 aromatic heterocycles. The van der Waals surface area contributed by atoms with E-state index < -0.39 is 5.25 Å². The van der Waals surface area contributed by atoms with Gasteiger partial charge in [0.25, 0.3) is 5.56 Å². The molecule has 7 heteroatoms. The van der Waals surface area contributed by atoms with Gasteiger partial charge in [0.05, 0.1) is 16.2 Å². The lowest BCUT2D eigenvalue weighted by Crippen LogP contribution is -2.33. The normalized spacial score (nSPS) is 12.3. The van der Waals surface area contributed by atoms with Crippen LogP contribution in [0.5, 0.6) is 0 Å². The number of nitrogens with zero attached hydrogens (tertiary/aromatic N) is 2. The number of carbonyl (C=O) groups excluding carboxylic acids is 1. The smallest absolute Gasteiger partial charge is 0.262 e. The van der Waals surface area contributed by atoms with Crippen LogP contribution < -0.4 is 10.9 Å². The quantitative estimate of drug-likeness (QED) is 0.470. The van der Waals surface area contributed by atoms with Gasteiger partial charge in [0, 0.05) is 12.6 Å². The Balaban J connectivity index is 1.70. The summed E-state index contributed by atoms with van der Waals surface area (Å²) in [6.07, 6.45) is 0.619. The first-order chi connectivity index (χ1) is 13.9. The van der Waals surface area contributed by atoms with E-state index in [1.165, 1.54) is 23.9 Å². The lowest BCUT2D eigenvalue weighted by Gasteiger charge is -2.18. The highest BCUT2D eigenvalue weighted by Gasteiger charge is 2.20. The predicted octanol–water partition coefficient (Wildman–Crippen LogP) is 3.96. The maximum atomic E-state index is 13.0. The fraction of sp³-hybridized carbons (Fsp3) is 0.318. The zero-order valence-corrected chi connectivity index (χ0v) is 17.5. The molecular weight excluding hydrogens is 389 g/mol. The summed E-state index contributed by atoms with van der Waals surface area (Å²) in [6.45, 7) is 6.10. The van der Waals surface area contributed by atoms with Gasteiger partial charge < -0.3 is 5.32 Å². The summed E-state index contributed by atoms with van der Waals surface area (Å²) in [7, 11) is 0. The maximum absolute atomic E-state index is 13.0. The Morgan fingerprint density at radius 1 is 1.14 bits per heavy atom. The Bertz CT molecular complexity index is 1060. The number of rotatable bonds is 7. The minimum atomic E-state index is -0.415. The van der Waals surface area contributed by atoms with Crippen LogP contribution in [0.3, 0.4) is 0 Å². The van der Waals surface area contributed by atoms with E-state index in [4.69, 9.17) is 0 Å². The van der Waals surface area contributed by atoms with Gasteiger partial charge in [0.15, 0.2) is 5.16 Å². The van der Waals surface area contributed by atoms with Crippen LogP contribution in [-0.4, -0.2) is 27.3 Å². The molecule has 0 aliphatic rings. The lowest BCUT2D eigenvalue weighted by molar-refractivity contribution is -0.120. The molecule has 1 heterocycles. The Morgan fingerprint density at radius 3 is 2.52 bits per heavy atom. The van der Waals surface area contributed by atoms with Crippen LogP contribution in [-0.2, 0) is 11.2 Å². The van der Waals surface area contributed by atoms with Crippen molar-refractivity contribution >= 4 is 28.6 Å². The number of aromatic nitrogens is 2. The van der Waals surface area contributed by atoms with Crippen molar-refractivity contribution in [1.29, 1.82) is 0 Å². The molecule has 1 N–H and O–H groups in total. The van der Waals surface area contributed by atoms with Gasteiger partial charge in [-0.3, -0.25) is 14.2 Å². The molecule has 0 aliphatic carbocycles. The van der Waals surface area contributed by atoms with Crippen molar-refractivity contribution in [3.05, 3.63) is 70.3 Å². The summed E-state index contributed by atoms with van der Waals surface area (Å²) in [5.41, 5.74) is 1.48. The topological polar surface area (TPSA) is 64.0 Å². The van der Waals surface area contributed by atoms with Crippen molar-refractivity contribution in [2.45, 2.75) is 43.6 Å². The zero-order chi connectivity index (χ0) is 21.0. The third kappa shape index (κ3) is 5.03. The number of fused-ring (bicyclic) bond motifs is 1. The van der Waals surface area contributed by atoms with Crippen LogP contribution >= 0.6 is 11.8 Å². The highest BCUT2D eigenvalue weighted by Crippen LogP contribution is 2.24. The van der Waals surface area contributed by atoms with Crippen molar-refractivity contribution in [2.75, 3.05) is 6.54 Å². The number of nitrogens with one attached hydrogen (secondary N) is 1. The highest BCUT2D eigenvalue weighted by atomic mass is 32.2. The fourth-order valence-corrected chi connectivity index (χ4v) is 4.07. The summed E-state index contributed by atoms with van der Waals surface area (Å²) in [6, 6.07) is 13.4. The van der Waals surface area contributed by atoms with E-state index >= 15 is 0 Å². The number of hydrogen-bond donors (Lipinski definition) is 1. The molecule has 0 bridgehead atoms. The van der Waals surface area contributed by atoms with Crippen LogP contribution in [0.25, 0.3) is 10.9 Å². The largest absolute Gasteiger partial charge is 0.355 e. The van der Waals surface area contributed by atoms with Crippen molar-refractivity contribution in [2.24, 2.45) is 0 Å². The van der Waals surface area contributed by atoms with E-state index in [-0.39, 0.29) is 23.3 Å². The van der Waals surface area contributed by atoms with Gasteiger partial charge in [-0.1, -0.05) is 36.0 Å². The van der Waals surface area contributed by atoms with E-state index in [1.807, 2.05) is 26.0 Å². The van der Waals surface area contributed by atoms with Gasteiger partial charge in [-0.2, -0.15) is 0 Å². The number of carbonyl (C=O) groups is 1. The summed E-state index contributed by atoms with van der Waals surface area (Å²) in [5, 5.41) is 3.59. The van der Waals surface area contributed by atoms with Crippen molar-refractivity contribution in [3.63, 3.8) is 0 Å². The molecule has 0 saturated heterocycles. The molecule has 5 nitrogen and oxygen atoms in total. The molecule has 152 valence electrons. The van der Waals surface area contributed by atoms with E-state index in [0.29, 0.717) is 29.0 Å². The standard InChI is InChI=1S/C22H24FN3O2S/c1-14(2)26-21(28)18-6-4-5-7-19(18)25-22(26)29-15(3)20(27)24-13-12-16-8-10-17(23)11-9-16/h4-11,14-15H,12-13H2,1-3H3,(H,24,27)/t15-/m1/s1. The summed E-state index contributed by atoms with van der Waals surface area (Å²) in [5.74, 6) is -0.406. The first kappa shape index (κ1) is 21.0. The number of halogens is 1. The second kappa shape index (κ2) is 9.22. The van der Waals surface area contributed by atoms with E-state index in [1.54, 1.807) is 35.8 Å². The molecule has 0 fully saturated rings. The molecule has 0 radical (unpaired) electrons. The van der Waals surface area contributed by atoms with Gasteiger partial charge in [-0.05, 0) is 57.0 Å². The number of para-hydroxylation sites is 1. The van der Waals surface area contributed by atoms with Gasteiger partial charge in [0.2, 0.25) is 5.91 Å². The van der Waals surface area contributed by atoms with Gasteiger partial charge in [0.1, 0.15) is 5.82 Å². The Kier molecular flexibility index (Phi) is 6.69. The molecule has 29 heavy (non-hydrogen) atoms. The third-order valence-corrected chi connectivity index (χ3v) is 5.64. The lowest BCUT2D eigenvalue weighted by atomic mass is 10.1. The third-order valence-electron chi connectivity index (χ3n) is 4.57. The first-order valence-corrected chi connectivity index (χ1v) is 10.4. The Labute approximate surface area is 173 Å². The molecule has 1 amide bonds. The van der Waals surface area contributed by atoms with Crippen LogP contribution in [0.1, 0.15) is 32.4 Å². The molecule has 0 spiro atoms. The minimum absolute atomic E-state index is 0.0733. The number of thioether (sulfide) groups is 1. The Hall–Kier alpha value is -2.67. The van der Waals surface area contributed by atoms with E-state index in [9.17, 15) is 14.0 Å². The average molecular weight is 414 g/mol. The second-order valence-electron chi connectivity index (χ2n) is 7.11. The highest BCUT2D eigenvalue weighted by molar-refractivity contribution is 8.00. The maximum Gasteiger partial charge on any atom is 0.262 e. The number of amides is 1. The minimum Gasteiger partial charge on any atom is -0.355 e. The number of benzene rings is 2. The van der Waals surface area contributed by atoms with Crippen LogP contribution in [0.15, 0.2) is 58.5 Å². The van der Waals surface area contributed by atoms with Crippen LogP contribution in [0.2, 0.25) is 0 Å². The predicted molar refractivity (Wildman–Crippen MR) is 115 cm³/mol. The average Bonchev–Trinajstić information content (AvgIpc) is 2.69. The zero-order valence-electron chi connectivity index (χ0n) is 16.7. The molecule has 0 aliphatic heterocycles. The molecule has 0 unspecified atom stereocenters. The van der Waals surface area contributed by atoms with Gasteiger partial charge in [-0.15, -0.1) is 0 Å². The van der Waals surface area contributed by atoms with Crippen LogP contribution in [0, 0.1) is 5.82 Å². The molecule has 3 rings (SSSR count). The monoisotopic (exact) mass is 413 g/mol. The van der Waals surface area contributed by atoms with E-state index in [2.05, 4.69) is 10.3 Å². The Morgan fingerprint density at radius 2 is 1.83 bits per heavy atom. The van der Waals surface area contributed by atoms with Crippen molar-refractivity contribution < 1.29 is 9.18 Å². The molecule has 2 aromatic carbocycles.